The van der Waals surface area contributed by atoms with Gasteiger partial charge in [-0.25, -0.2) is 4.79 Å². The Kier molecular flexibility index (Phi) is 10.8. The van der Waals surface area contributed by atoms with Crippen molar-refractivity contribution in [2.75, 3.05) is 31.1 Å². The number of ether oxygens (including phenoxy) is 1. The first-order valence-electron chi connectivity index (χ1n) is 6.53. The lowest BCUT2D eigenvalue weighted by molar-refractivity contribution is -0.120. The van der Waals surface area contributed by atoms with Gasteiger partial charge in [0, 0.05) is 37.6 Å². The fourth-order valence-electron chi connectivity index (χ4n) is 1.08. The SMILES string of the molecule is CC(C)(C)OC(=O)NCCSSCCNC(=O)CCN. The van der Waals surface area contributed by atoms with Gasteiger partial charge in [-0.1, -0.05) is 21.6 Å². The second kappa shape index (κ2) is 11.1. The van der Waals surface area contributed by atoms with Crippen molar-refractivity contribution >= 4 is 33.6 Å². The lowest BCUT2D eigenvalue weighted by atomic mass is 10.2. The van der Waals surface area contributed by atoms with E-state index in [0.717, 1.165) is 11.5 Å². The van der Waals surface area contributed by atoms with Crippen LogP contribution in [0, 0.1) is 0 Å². The molecule has 0 rings (SSSR count). The van der Waals surface area contributed by atoms with E-state index in [2.05, 4.69) is 10.6 Å². The summed E-state index contributed by atoms with van der Waals surface area (Å²) in [5.74, 6) is 1.61. The van der Waals surface area contributed by atoms with Crippen LogP contribution in [0.5, 0.6) is 0 Å². The van der Waals surface area contributed by atoms with Gasteiger partial charge in [0.15, 0.2) is 0 Å². The van der Waals surface area contributed by atoms with Crippen LogP contribution in [0.3, 0.4) is 0 Å². The van der Waals surface area contributed by atoms with Gasteiger partial charge in [-0.05, 0) is 20.8 Å². The Morgan fingerprint density at radius 1 is 1.10 bits per heavy atom. The topological polar surface area (TPSA) is 93.5 Å². The van der Waals surface area contributed by atoms with Gasteiger partial charge in [-0.15, -0.1) is 0 Å². The first-order valence-corrected chi connectivity index (χ1v) is 9.02. The highest BCUT2D eigenvalue weighted by atomic mass is 33.1. The van der Waals surface area contributed by atoms with Gasteiger partial charge in [0.05, 0.1) is 0 Å². The Balaban J connectivity index is 3.33. The van der Waals surface area contributed by atoms with Crippen LogP contribution in [0.2, 0.25) is 0 Å². The van der Waals surface area contributed by atoms with E-state index in [4.69, 9.17) is 10.5 Å². The maximum Gasteiger partial charge on any atom is 0.407 e. The molecule has 6 nitrogen and oxygen atoms in total. The minimum Gasteiger partial charge on any atom is -0.444 e. The highest BCUT2D eigenvalue weighted by Crippen LogP contribution is 2.19. The minimum absolute atomic E-state index is 0.00954. The van der Waals surface area contributed by atoms with Gasteiger partial charge >= 0.3 is 6.09 Å². The summed E-state index contributed by atoms with van der Waals surface area (Å²) < 4.78 is 5.11. The van der Waals surface area contributed by atoms with E-state index in [1.165, 1.54) is 0 Å². The van der Waals surface area contributed by atoms with Crippen molar-refractivity contribution in [3.8, 4) is 0 Å². The first-order chi connectivity index (χ1) is 9.35. The summed E-state index contributed by atoms with van der Waals surface area (Å²) in [5, 5.41) is 5.46. The Morgan fingerprint density at radius 2 is 1.65 bits per heavy atom. The van der Waals surface area contributed by atoms with Crippen molar-refractivity contribution in [1.29, 1.82) is 0 Å². The molecule has 0 fully saturated rings. The number of carbonyl (C=O) groups excluding carboxylic acids is 2. The molecule has 0 bridgehead atoms. The van der Waals surface area contributed by atoms with Crippen LogP contribution in [0.25, 0.3) is 0 Å². The lowest BCUT2D eigenvalue weighted by Gasteiger charge is -2.19. The summed E-state index contributed by atoms with van der Waals surface area (Å²) in [4.78, 5) is 22.4. The minimum atomic E-state index is -0.465. The van der Waals surface area contributed by atoms with Crippen LogP contribution in [-0.2, 0) is 9.53 Å². The van der Waals surface area contributed by atoms with E-state index in [1.807, 2.05) is 20.8 Å². The molecule has 8 heteroatoms. The molecule has 0 aliphatic heterocycles. The van der Waals surface area contributed by atoms with E-state index >= 15 is 0 Å². The molecule has 0 spiro atoms. The maximum absolute atomic E-state index is 11.3. The number of hydrogen-bond acceptors (Lipinski definition) is 6. The van der Waals surface area contributed by atoms with Crippen molar-refractivity contribution in [3.05, 3.63) is 0 Å². The highest BCUT2D eigenvalue weighted by Gasteiger charge is 2.15. The van der Waals surface area contributed by atoms with Crippen molar-refractivity contribution in [3.63, 3.8) is 0 Å². The summed E-state index contributed by atoms with van der Waals surface area (Å²) in [5.41, 5.74) is 4.80. The molecule has 0 radical (unpaired) electrons. The lowest BCUT2D eigenvalue weighted by Crippen LogP contribution is -2.33. The molecule has 118 valence electrons. The molecule has 0 aromatic rings. The largest absolute Gasteiger partial charge is 0.444 e. The third kappa shape index (κ3) is 13.8. The maximum atomic E-state index is 11.3. The fraction of sp³-hybridized carbons (Fsp3) is 0.833. The summed E-state index contributed by atoms with van der Waals surface area (Å²) >= 11 is 0. The number of carbonyl (C=O) groups is 2. The predicted octanol–water partition coefficient (Wildman–Crippen LogP) is 1.36. The van der Waals surface area contributed by atoms with E-state index < -0.39 is 11.7 Å². The quantitative estimate of drug-likeness (QED) is 0.438. The standard InChI is InChI=1S/C12H25N3O3S2/c1-12(2,3)18-11(17)15-7-9-20-19-8-6-14-10(16)4-5-13/h4-9,13H2,1-3H3,(H,14,16)(H,15,17). The Hall–Kier alpha value is -0.600. The van der Waals surface area contributed by atoms with Crippen LogP contribution in [0.15, 0.2) is 0 Å². The van der Waals surface area contributed by atoms with Crippen LogP contribution in [0.1, 0.15) is 27.2 Å². The second-order valence-corrected chi connectivity index (χ2v) is 7.66. The molecule has 0 heterocycles. The zero-order valence-electron chi connectivity index (χ0n) is 12.4. The third-order valence-corrected chi connectivity index (χ3v) is 4.22. The molecule has 0 aliphatic rings. The summed E-state index contributed by atoms with van der Waals surface area (Å²) in [6, 6.07) is 0. The van der Waals surface area contributed by atoms with Crippen LogP contribution in [0.4, 0.5) is 4.79 Å². The van der Waals surface area contributed by atoms with Crippen LogP contribution in [-0.4, -0.2) is 48.7 Å². The van der Waals surface area contributed by atoms with Crippen molar-refractivity contribution in [2.24, 2.45) is 5.73 Å². The number of hydrogen-bond donors (Lipinski definition) is 3. The molecular weight excluding hydrogens is 298 g/mol. The van der Waals surface area contributed by atoms with Crippen LogP contribution < -0.4 is 16.4 Å². The van der Waals surface area contributed by atoms with E-state index in [-0.39, 0.29) is 5.91 Å². The molecular formula is C12H25N3O3S2. The van der Waals surface area contributed by atoms with Gasteiger partial charge < -0.3 is 21.1 Å². The number of rotatable bonds is 9. The van der Waals surface area contributed by atoms with E-state index in [9.17, 15) is 9.59 Å². The highest BCUT2D eigenvalue weighted by molar-refractivity contribution is 8.76. The molecule has 0 atom stereocenters. The van der Waals surface area contributed by atoms with Crippen molar-refractivity contribution in [2.45, 2.75) is 32.8 Å². The van der Waals surface area contributed by atoms with Crippen molar-refractivity contribution < 1.29 is 14.3 Å². The van der Waals surface area contributed by atoms with E-state index in [1.54, 1.807) is 21.6 Å². The van der Waals surface area contributed by atoms with E-state index in [0.29, 0.717) is 26.1 Å². The average molecular weight is 323 g/mol. The Morgan fingerprint density at radius 3 is 2.15 bits per heavy atom. The second-order valence-electron chi connectivity index (χ2n) is 4.96. The molecule has 0 unspecified atom stereocenters. The molecule has 2 amide bonds. The number of amides is 2. The fourth-order valence-corrected chi connectivity index (χ4v) is 2.89. The van der Waals surface area contributed by atoms with Gasteiger partial charge in [0.1, 0.15) is 5.60 Å². The molecule has 0 aromatic heterocycles. The van der Waals surface area contributed by atoms with Gasteiger partial charge in [0.2, 0.25) is 5.91 Å². The average Bonchev–Trinajstić information content (AvgIpc) is 2.30. The summed E-state index contributed by atoms with van der Waals surface area (Å²) in [6.07, 6.45) is -0.0189. The molecule has 20 heavy (non-hydrogen) atoms. The number of nitrogens with one attached hydrogen (secondary N) is 2. The Bertz CT molecular complexity index is 296. The predicted molar refractivity (Wildman–Crippen MR) is 85.8 cm³/mol. The van der Waals surface area contributed by atoms with Gasteiger partial charge in [-0.3, -0.25) is 4.79 Å². The smallest absolute Gasteiger partial charge is 0.407 e. The molecule has 0 aliphatic carbocycles. The van der Waals surface area contributed by atoms with Crippen LogP contribution >= 0.6 is 21.6 Å². The monoisotopic (exact) mass is 323 g/mol. The van der Waals surface area contributed by atoms with Gasteiger partial charge in [-0.2, -0.15) is 0 Å². The summed E-state index contributed by atoms with van der Waals surface area (Å²) in [6.45, 7) is 7.06. The zero-order valence-corrected chi connectivity index (χ0v) is 14.0. The third-order valence-electron chi connectivity index (χ3n) is 1.82. The number of alkyl carbamates (subject to hydrolysis) is 1. The van der Waals surface area contributed by atoms with Gasteiger partial charge in [0.25, 0.3) is 0 Å². The molecule has 0 aromatic carbocycles. The molecule has 0 saturated heterocycles. The molecule has 0 saturated carbocycles. The summed E-state index contributed by atoms with van der Waals surface area (Å²) in [7, 11) is 3.31. The zero-order chi connectivity index (χ0) is 15.4. The molecule has 4 N–H and O–H groups in total. The number of nitrogens with two attached hydrogens (primary N) is 1. The first kappa shape index (κ1) is 19.4. The normalized spacial score (nSPS) is 11.0. The van der Waals surface area contributed by atoms with Crippen molar-refractivity contribution in [1.82, 2.24) is 10.6 Å². The Labute approximate surface area is 128 Å².